The summed E-state index contributed by atoms with van der Waals surface area (Å²) in [5, 5.41) is 11.8. The summed E-state index contributed by atoms with van der Waals surface area (Å²) in [6.45, 7) is 2.01. The van der Waals surface area contributed by atoms with Crippen molar-refractivity contribution in [2.45, 2.75) is 19.1 Å². The summed E-state index contributed by atoms with van der Waals surface area (Å²) in [5.41, 5.74) is 6.81. The van der Waals surface area contributed by atoms with Crippen LogP contribution in [0.25, 0.3) is 16.8 Å². The van der Waals surface area contributed by atoms with Gasteiger partial charge in [-0.2, -0.15) is 0 Å². The van der Waals surface area contributed by atoms with Crippen molar-refractivity contribution in [1.29, 1.82) is 0 Å². The molecule has 3 heterocycles. The van der Waals surface area contributed by atoms with Gasteiger partial charge in [0.15, 0.2) is 0 Å². The van der Waals surface area contributed by atoms with Crippen LogP contribution in [0.15, 0.2) is 48.7 Å². The van der Waals surface area contributed by atoms with Gasteiger partial charge >= 0.3 is 6.09 Å². The van der Waals surface area contributed by atoms with Crippen LogP contribution in [0.4, 0.5) is 10.5 Å². The number of hydrogen-bond donors (Lipinski definition) is 3. The summed E-state index contributed by atoms with van der Waals surface area (Å²) in [6.07, 6.45) is 2.37. The Morgan fingerprint density at radius 1 is 1.27 bits per heavy atom. The average molecular weight is 410 g/mol. The number of amides is 2. The third-order valence-electron chi connectivity index (χ3n) is 4.86. The predicted molar refractivity (Wildman–Crippen MR) is 109 cm³/mol. The highest BCUT2D eigenvalue weighted by atomic mass is 16.7. The maximum Gasteiger partial charge on any atom is 0.414 e. The normalized spacial score (nSPS) is 20.5. The van der Waals surface area contributed by atoms with Gasteiger partial charge in [-0.25, -0.2) is 4.79 Å². The number of rotatable bonds is 6. The maximum atomic E-state index is 12.1. The smallest absolute Gasteiger partial charge is 0.414 e. The Bertz CT molecular complexity index is 958. The van der Waals surface area contributed by atoms with Crippen LogP contribution < -0.4 is 15.7 Å². The van der Waals surface area contributed by atoms with Gasteiger partial charge in [-0.1, -0.05) is 18.2 Å². The Hall–Kier alpha value is -3.43. The van der Waals surface area contributed by atoms with E-state index in [1.165, 1.54) is 6.92 Å². The lowest BCUT2D eigenvalue weighted by Gasteiger charge is -2.14. The Morgan fingerprint density at radius 2 is 2.03 bits per heavy atom. The molecule has 0 radical (unpaired) electrons. The zero-order valence-corrected chi connectivity index (χ0v) is 16.4. The van der Waals surface area contributed by atoms with Gasteiger partial charge in [0.25, 0.3) is 0 Å². The van der Waals surface area contributed by atoms with E-state index in [2.05, 4.69) is 15.8 Å². The summed E-state index contributed by atoms with van der Waals surface area (Å²) < 4.78 is 5.30. The van der Waals surface area contributed by atoms with Crippen LogP contribution >= 0.6 is 0 Å². The zero-order valence-electron chi connectivity index (χ0n) is 16.4. The molecule has 156 valence electrons. The SMILES string of the molecule is CC(=O)NC[C@H]1CN(c2ccc(-c3ccc(C4=CC(CO)ON4)nc3)cc2)C(=O)O1. The topological polar surface area (TPSA) is 113 Å². The van der Waals surface area contributed by atoms with Crippen molar-refractivity contribution in [3.63, 3.8) is 0 Å². The van der Waals surface area contributed by atoms with E-state index in [-0.39, 0.29) is 24.7 Å². The molecular formula is C21H22N4O5. The van der Waals surface area contributed by atoms with E-state index in [0.717, 1.165) is 28.2 Å². The number of benzene rings is 1. The molecule has 30 heavy (non-hydrogen) atoms. The first-order valence-electron chi connectivity index (χ1n) is 9.57. The first kappa shape index (κ1) is 19.9. The number of ether oxygens (including phenoxy) is 1. The number of nitrogens with one attached hydrogen (secondary N) is 2. The molecule has 9 nitrogen and oxygen atoms in total. The van der Waals surface area contributed by atoms with Gasteiger partial charge in [0.2, 0.25) is 5.91 Å². The molecule has 9 heteroatoms. The second kappa shape index (κ2) is 8.52. The zero-order chi connectivity index (χ0) is 21.1. The summed E-state index contributed by atoms with van der Waals surface area (Å²) >= 11 is 0. The molecule has 1 unspecified atom stereocenters. The van der Waals surface area contributed by atoms with E-state index < -0.39 is 6.09 Å². The van der Waals surface area contributed by atoms with Crippen LogP contribution in [0, 0.1) is 0 Å². The van der Waals surface area contributed by atoms with Crippen LogP contribution in [-0.2, 0) is 14.4 Å². The maximum absolute atomic E-state index is 12.1. The molecule has 2 aliphatic rings. The lowest BCUT2D eigenvalue weighted by Crippen LogP contribution is -2.33. The number of hydrogen-bond acceptors (Lipinski definition) is 7. The van der Waals surface area contributed by atoms with Crippen molar-refractivity contribution in [2.24, 2.45) is 0 Å². The average Bonchev–Trinajstić information content (AvgIpc) is 3.39. The molecule has 0 spiro atoms. The van der Waals surface area contributed by atoms with Gasteiger partial charge in [0, 0.05) is 24.4 Å². The number of aliphatic hydroxyl groups excluding tert-OH is 1. The first-order valence-corrected chi connectivity index (χ1v) is 9.57. The summed E-state index contributed by atoms with van der Waals surface area (Å²) in [7, 11) is 0. The monoisotopic (exact) mass is 410 g/mol. The fourth-order valence-corrected chi connectivity index (χ4v) is 3.27. The van der Waals surface area contributed by atoms with Gasteiger partial charge in [0.05, 0.1) is 31.1 Å². The number of carbonyl (C=O) groups excluding carboxylic acids is 2. The number of aromatic nitrogens is 1. The number of aliphatic hydroxyl groups is 1. The number of cyclic esters (lactones) is 1. The lowest BCUT2D eigenvalue weighted by atomic mass is 10.1. The second-order valence-electron chi connectivity index (χ2n) is 7.05. The highest BCUT2D eigenvalue weighted by Gasteiger charge is 2.32. The Labute approximate surface area is 173 Å². The van der Waals surface area contributed by atoms with Gasteiger partial charge < -0.3 is 15.2 Å². The fraction of sp³-hybridized carbons (Fsp3) is 0.286. The highest BCUT2D eigenvalue weighted by Crippen LogP contribution is 2.26. The molecule has 1 saturated heterocycles. The molecule has 2 aromatic rings. The van der Waals surface area contributed by atoms with E-state index in [0.29, 0.717) is 13.1 Å². The fourth-order valence-electron chi connectivity index (χ4n) is 3.27. The quantitative estimate of drug-likeness (QED) is 0.661. The second-order valence-corrected chi connectivity index (χ2v) is 7.05. The van der Waals surface area contributed by atoms with Gasteiger partial charge in [-0.3, -0.25) is 25.0 Å². The number of carbonyl (C=O) groups is 2. The molecule has 2 atom stereocenters. The number of pyridine rings is 1. The largest absolute Gasteiger partial charge is 0.442 e. The number of hydroxylamine groups is 1. The Kier molecular flexibility index (Phi) is 5.64. The van der Waals surface area contributed by atoms with Crippen LogP contribution in [0.5, 0.6) is 0 Å². The van der Waals surface area contributed by atoms with Crippen molar-refractivity contribution in [2.75, 3.05) is 24.6 Å². The van der Waals surface area contributed by atoms with E-state index in [9.17, 15) is 9.59 Å². The summed E-state index contributed by atoms with van der Waals surface area (Å²) in [5.74, 6) is -0.158. The van der Waals surface area contributed by atoms with Crippen LogP contribution in [-0.4, -0.2) is 54.0 Å². The molecule has 1 aromatic carbocycles. The van der Waals surface area contributed by atoms with E-state index >= 15 is 0 Å². The van der Waals surface area contributed by atoms with Gasteiger partial charge in [-0.15, -0.1) is 0 Å². The van der Waals surface area contributed by atoms with Crippen LogP contribution in [0.1, 0.15) is 12.6 Å². The van der Waals surface area contributed by atoms with Crippen molar-refractivity contribution in [1.82, 2.24) is 15.8 Å². The van der Waals surface area contributed by atoms with Gasteiger partial charge in [0.1, 0.15) is 12.2 Å². The van der Waals surface area contributed by atoms with Crippen molar-refractivity contribution in [3.8, 4) is 11.1 Å². The lowest BCUT2D eigenvalue weighted by molar-refractivity contribution is -0.119. The molecule has 1 fully saturated rings. The Balaban J connectivity index is 1.42. The summed E-state index contributed by atoms with van der Waals surface area (Å²) in [4.78, 5) is 34.4. The highest BCUT2D eigenvalue weighted by molar-refractivity contribution is 5.90. The molecule has 0 bridgehead atoms. The molecule has 0 aliphatic carbocycles. The van der Waals surface area contributed by atoms with Crippen molar-refractivity contribution < 1.29 is 24.3 Å². The Morgan fingerprint density at radius 3 is 2.67 bits per heavy atom. The molecule has 2 aliphatic heterocycles. The third kappa shape index (κ3) is 4.27. The predicted octanol–water partition coefficient (Wildman–Crippen LogP) is 1.45. The van der Waals surface area contributed by atoms with Crippen molar-refractivity contribution >= 4 is 23.4 Å². The summed E-state index contributed by atoms with van der Waals surface area (Å²) in [6, 6.07) is 11.4. The molecular weight excluding hydrogens is 388 g/mol. The van der Waals surface area contributed by atoms with E-state index in [1.807, 2.05) is 36.4 Å². The minimum absolute atomic E-state index is 0.0977. The standard InChI is InChI=1S/C21H22N4O5/c1-13(27)22-10-18-11-25(21(28)29-18)16-5-2-14(3-6-16)15-4-7-19(23-9-15)20-8-17(12-26)30-24-20/h2-9,17-18,24,26H,10-12H2,1H3,(H,22,27)/t17?,18-/m0/s1. The minimum atomic E-state index is -0.426. The molecule has 0 saturated carbocycles. The van der Waals surface area contributed by atoms with Gasteiger partial charge in [-0.05, 0) is 29.8 Å². The van der Waals surface area contributed by atoms with E-state index in [1.54, 1.807) is 17.2 Å². The molecule has 2 amide bonds. The van der Waals surface area contributed by atoms with Crippen LogP contribution in [0.2, 0.25) is 0 Å². The van der Waals surface area contributed by atoms with Crippen LogP contribution in [0.3, 0.4) is 0 Å². The molecule has 1 aromatic heterocycles. The third-order valence-corrected chi connectivity index (χ3v) is 4.86. The van der Waals surface area contributed by atoms with Crippen molar-refractivity contribution in [3.05, 3.63) is 54.4 Å². The number of anilines is 1. The van der Waals surface area contributed by atoms with E-state index in [4.69, 9.17) is 14.7 Å². The first-order chi connectivity index (χ1) is 14.5. The minimum Gasteiger partial charge on any atom is -0.442 e. The number of nitrogens with zero attached hydrogens (tertiary/aromatic N) is 2. The molecule has 3 N–H and O–H groups in total. The molecule has 4 rings (SSSR count).